The Labute approximate surface area is 121 Å². The van der Waals surface area contributed by atoms with Crippen LogP contribution in [0.5, 0.6) is 0 Å². The van der Waals surface area contributed by atoms with E-state index in [1.807, 2.05) is 0 Å². The molecule has 0 spiro atoms. The fraction of sp³-hybridized carbons (Fsp3) is 1.00. The minimum absolute atomic E-state index is 0.380. The van der Waals surface area contributed by atoms with Crippen LogP contribution in [0.1, 0.15) is 0 Å². The molecule has 0 radical (unpaired) electrons. The molecule has 2 heterocycles. The van der Waals surface area contributed by atoms with E-state index in [4.69, 9.17) is 0 Å². The summed E-state index contributed by atoms with van der Waals surface area (Å²) in [6, 6.07) is 0. The molecule has 0 aliphatic carbocycles. The van der Waals surface area contributed by atoms with Gasteiger partial charge in [0.15, 0.2) is 0 Å². The first-order chi connectivity index (χ1) is 7.45. The van der Waals surface area contributed by atoms with Crippen molar-refractivity contribution in [3.63, 3.8) is 0 Å². The molecule has 2 aliphatic rings. The molecule has 2 unspecified atom stereocenters. The molecule has 15 heavy (non-hydrogen) atoms. The SMILES string of the molecule is C(C[Te]CCSCC1CS1)SCC1CS1. The Morgan fingerprint density at radius 3 is 1.80 bits per heavy atom. The first kappa shape index (κ1) is 13.6. The van der Waals surface area contributed by atoms with Gasteiger partial charge in [-0.3, -0.25) is 0 Å². The van der Waals surface area contributed by atoms with Crippen LogP contribution in [-0.4, -0.2) is 65.9 Å². The summed E-state index contributed by atoms with van der Waals surface area (Å²) >= 11 is 9.06. The predicted molar refractivity (Wildman–Crippen MR) is 82.5 cm³/mol. The standard InChI is InChI=1S/C10H18S4Te/c1(11-5-9-7-13-9)3-15-4-2-12-6-10-8-14-10/h9-10H,1-8H2. The zero-order valence-electron chi connectivity index (χ0n) is 8.85. The molecule has 2 fully saturated rings. The van der Waals surface area contributed by atoms with E-state index in [1.54, 1.807) is 8.94 Å². The van der Waals surface area contributed by atoms with E-state index >= 15 is 0 Å². The molecule has 0 saturated carbocycles. The third-order valence-corrected chi connectivity index (χ3v) is 11.2. The number of hydrogen-bond donors (Lipinski definition) is 0. The quantitative estimate of drug-likeness (QED) is 0.317. The number of hydrogen-bond acceptors (Lipinski definition) is 4. The summed E-state index contributed by atoms with van der Waals surface area (Å²) in [4.78, 5) is 0. The van der Waals surface area contributed by atoms with Crippen LogP contribution in [0.4, 0.5) is 0 Å². The Kier molecular flexibility index (Phi) is 7.55. The molecular weight excluding hydrogens is 376 g/mol. The molecule has 2 aliphatic heterocycles. The molecule has 2 saturated heterocycles. The molecule has 0 amide bonds. The molecular formula is C10H18S4Te. The van der Waals surface area contributed by atoms with Crippen molar-refractivity contribution < 1.29 is 0 Å². The first-order valence-corrected chi connectivity index (χ1v) is 13.1. The monoisotopic (exact) mass is 396 g/mol. The molecule has 5 heteroatoms. The molecule has 0 bridgehead atoms. The van der Waals surface area contributed by atoms with Crippen molar-refractivity contribution in [2.24, 2.45) is 0 Å². The van der Waals surface area contributed by atoms with Crippen molar-refractivity contribution >= 4 is 68.0 Å². The van der Waals surface area contributed by atoms with E-state index in [0.29, 0.717) is 20.9 Å². The van der Waals surface area contributed by atoms with Crippen LogP contribution in [0.2, 0.25) is 8.94 Å². The summed E-state index contributed by atoms with van der Waals surface area (Å²) in [5.41, 5.74) is 0. The number of rotatable bonds is 10. The second kappa shape index (κ2) is 8.32. The molecule has 0 aromatic heterocycles. The van der Waals surface area contributed by atoms with Gasteiger partial charge in [0.1, 0.15) is 0 Å². The maximum absolute atomic E-state index is 2.20. The summed E-state index contributed by atoms with van der Waals surface area (Å²) in [5, 5.41) is 2.09. The van der Waals surface area contributed by atoms with Crippen molar-refractivity contribution in [2.75, 3.05) is 34.5 Å². The van der Waals surface area contributed by atoms with Gasteiger partial charge < -0.3 is 0 Å². The molecule has 0 aromatic rings. The molecule has 0 nitrogen and oxygen atoms in total. The van der Waals surface area contributed by atoms with Crippen LogP contribution < -0.4 is 0 Å². The van der Waals surface area contributed by atoms with Crippen molar-refractivity contribution in [2.45, 2.75) is 19.4 Å². The van der Waals surface area contributed by atoms with Gasteiger partial charge in [-0.2, -0.15) is 0 Å². The first-order valence-electron chi connectivity index (χ1n) is 5.41. The van der Waals surface area contributed by atoms with Gasteiger partial charge in [0.25, 0.3) is 0 Å². The molecule has 2 atom stereocenters. The topological polar surface area (TPSA) is 0 Å². The van der Waals surface area contributed by atoms with Crippen LogP contribution in [0.3, 0.4) is 0 Å². The van der Waals surface area contributed by atoms with Gasteiger partial charge in [-0.25, -0.2) is 0 Å². The van der Waals surface area contributed by atoms with Crippen molar-refractivity contribution in [1.29, 1.82) is 0 Å². The van der Waals surface area contributed by atoms with Crippen LogP contribution >= 0.6 is 47.0 Å². The minimum atomic E-state index is 0.380. The Balaban J connectivity index is 1.23. The summed E-state index contributed by atoms with van der Waals surface area (Å²) in [6.45, 7) is 0. The Hall–Kier alpha value is 2.19. The van der Waals surface area contributed by atoms with E-state index in [2.05, 4.69) is 47.0 Å². The van der Waals surface area contributed by atoms with Crippen molar-refractivity contribution in [1.82, 2.24) is 0 Å². The Morgan fingerprint density at radius 2 is 1.40 bits per heavy atom. The van der Waals surface area contributed by atoms with Gasteiger partial charge in [-0.15, -0.1) is 0 Å². The van der Waals surface area contributed by atoms with E-state index in [1.165, 1.54) is 34.5 Å². The summed E-state index contributed by atoms with van der Waals surface area (Å²) in [5.74, 6) is 8.68. The van der Waals surface area contributed by atoms with Crippen LogP contribution in [0.15, 0.2) is 0 Å². The molecule has 0 N–H and O–H groups in total. The summed E-state index contributed by atoms with van der Waals surface area (Å²) in [6.07, 6.45) is 0. The van der Waals surface area contributed by atoms with E-state index in [0.717, 1.165) is 10.5 Å². The molecule has 0 aromatic carbocycles. The predicted octanol–water partition coefficient (Wildman–Crippen LogP) is 3.22. The van der Waals surface area contributed by atoms with Crippen LogP contribution in [0.25, 0.3) is 0 Å². The molecule has 88 valence electrons. The number of thioether (sulfide) groups is 4. The Morgan fingerprint density at radius 1 is 0.933 bits per heavy atom. The third kappa shape index (κ3) is 8.00. The van der Waals surface area contributed by atoms with Gasteiger partial charge >= 0.3 is 122 Å². The van der Waals surface area contributed by atoms with Gasteiger partial charge in [-0.1, -0.05) is 0 Å². The fourth-order valence-electron chi connectivity index (χ4n) is 1.10. The van der Waals surface area contributed by atoms with E-state index in [-0.39, 0.29) is 0 Å². The zero-order chi connectivity index (χ0) is 10.3. The van der Waals surface area contributed by atoms with Crippen LogP contribution in [0, 0.1) is 0 Å². The third-order valence-electron chi connectivity index (χ3n) is 2.16. The average molecular weight is 394 g/mol. The van der Waals surface area contributed by atoms with Gasteiger partial charge in [0, 0.05) is 0 Å². The maximum atomic E-state index is 2.20. The molecule has 2 rings (SSSR count). The van der Waals surface area contributed by atoms with E-state index < -0.39 is 0 Å². The van der Waals surface area contributed by atoms with Crippen molar-refractivity contribution in [3.05, 3.63) is 0 Å². The summed E-state index contributed by atoms with van der Waals surface area (Å²) in [7, 11) is 0. The fourth-order valence-corrected chi connectivity index (χ4v) is 9.43. The zero-order valence-corrected chi connectivity index (χ0v) is 14.4. The van der Waals surface area contributed by atoms with Crippen LogP contribution in [-0.2, 0) is 0 Å². The Bertz CT molecular complexity index is 153. The van der Waals surface area contributed by atoms with Gasteiger partial charge in [-0.05, 0) is 0 Å². The van der Waals surface area contributed by atoms with Gasteiger partial charge in [0.05, 0.1) is 0 Å². The normalized spacial score (nSPS) is 28.0. The second-order valence-corrected chi connectivity index (χ2v) is 12.1. The second-order valence-electron chi connectivity index (χ2n) is 3.67. The van der Waals surface area contributed by atoms with Crippen molar-refractivity contribution in [3.8, 4) is 0 Å². The van der Waals surface area contributed by atoms with E-state index in [9.17, 15) is 0 Å². The summed E-state index contributed by atoms with van der Waals surface area (Å²) < 4.78 is 3.15. The van der Waals surface area contributed by atoms with Gasteiger partial charge in [0.2, 0.25) is 0 Å². The average Bonchev–Trinajstić information content (AvgIpc) is 3.10.